The van der Waals surface area contributed by atoms with Crippen molar-refractivity contribution in [3.05, 3.63) is 46.0 Å². The van der Waals surface area contributed by atoms with Gasteiger partial charge in [-0.05, 0) is 35.0 Å². The summed E-state index contributed by atoms with van der Waals surface area (Å²) in [6.07, 6.45) is 3.85. The van der Waals surface area contributed by atoms with Gasteiger partial charge in [0.15, 0.2) is 0 Å². The molecule has 0 aromatic carbocycles. The van der Waals surface area contributed by atoms with Gasteiger partial charge in [0.25, 0.3) is 0 Å². The summed E-state index contributed by atoms with van der Waals surface area (Å²) in [5.41, 5.74) is 3.34. The second-order valence-corrected chi connectivity index (χ2v) is 4.90. The Kier molecular flexibility index (Phi) is 3.91. The number of rotatable bonds is 4. The van der Waals surface area contributed by atoms with Gasteiger partial charge in [0, 0.05) is 42.6 Å². The topological polar surface area (TPSA) is 42.7 Å². The quantitative estimate of drug-likeness (QED) is 0.940. The first-order chi connectivity index (χ1) is 8.15. The van der Waals surface area contributed by atoms with E-state index in [1.165, 1.54) is 5.56 Å². The van der Waals surface area contributed by atoms with Crippen LogP contribution in [0.1, 0.15) is 17.0 Å². The zero-order chi connectivity index (χ0) is 12.3. The third-order valence-corrected chi connectivity index (χ3v) is 2.99. The largest absolute Gasteiger partial charge is 0.307 e. The summed E-state index contributed by atoms with van der Waals surface area (Å²) < 4.78 is 2.84. The molecule has 0 unspecified atom stereocenters. The van der Waals surface area contributed by atoms with E-state index in [1.54, 1.807) is 0 Å². The zero-order valence-electron chi connectivity index (χ0n) is 9.94. The van der Waals surface area contributed by atoms with Crippen LogP contribution in [-0.2, 0) is 20.1 Å². The fourth-order valence-corrected chi connectivity index (χ4v) is 1.89. The van der Waals surface area contributed by atoms with Crippen molar-refractivity contribution in [3.63, 3.8) is 0 Å². The summed E-state index contributed by atoms with van der Waals surface area (Å²) in [4.78, 5) is 4.31. The fourth-order valence-electron chi connectivity index (χ4n) is 1.66. The minimum Gasteiger partial charge on any atom is -0.307 e. The highest BCUT2D eigenvalue weighted by atomic mass is 79.9. The zero-order valence-corrected chi connectivity index (χ0v) is 11.5. The van der Waals surface area contributed by atoms with Crippen LogP contribution in [0.2, 0.25) is 0 Å². The smallest absolute Gasteiger partial charge is 0.0638 e. The number of aryl methyl sites for hydroxylation is 2. The molecule has 2 aromatic rings. The molecule has 0 saturated heterocycles. The van der Waals surface area contributed by atoms with E-state index in [2.05, 4.69) is 31.3 Å². The van der Waals surface area contributed by atoms with Crippen LogP contribution in [-0.4, -0.2) is 14.8 Å². The molecule has 2 aromatic heterocycles. The molecule has 0 aliphatic heterocycles. The van der Waals surface area contributed by atoms with Gasteiger partial charge >= 0.3 is 0 Å². The van der Waals surface area contributed by atoms with E-state index < -0.39 is 0 Å². The van der Waals surface area contributed by atoms with Gasteiger partial charge in [0.05, 0.1) is 11.4 Å². The van der Waals surface area contributed by atoms with Crippen molar-refractivity contribution < 1.29 is 0 Å². The first-order valence-corrected chi connectivity index (χ1v) is 6.25. The van der Waals surface area contributed by atoms with Crippen LogP contribution in [0, 0.1) is 6.92 Å². The fraction of sp³-hybridized carbons (Fsp3) is 0.333. The second kappa shape index (κ2) is 5.42. The molecule has 0 atom stereocenters. The highest BCUT2D eigenvalue weighted by Gasteiger charge is 2.02. The third kappa shape index (κ3) is 3.38. The average molecular weight is 295 g/mol. The minimum atomic E-state index is 0.765. The van der Waals surface area contributed by atoms with Gasteiger partial charge in [0.1, 0.15) is 0 Å². The Balaban J connectivity index is 1.87. The van der Waals surface area contributed by atoms with Crippen LogP contribution in [0.3, 0.4) is 0 Å². The van der Waals surface area contributed by atoms with Crippen molar-refractivity contribution in [3.8, 4) is 0 Å². The van der Waals surface area contributed by atoms with Gasteiger partial charge in [-0.25, -0.2) is 0 Å². The van der Waals surface area contributed by atoms with Crippen LogP contribution in [0.25, 0.3) is 0 Å². The molecule has 90 valence electrons. The van der Waals surface area contributed by atoms with Gasteiger partial charge in [-0.2, -0.15) is 5.10 Å². The first kappa shape index (κ1) is 12.3. The van der Waals surface area contributed by atoms with Gasteiger partial charge in [-0.1, -0.05) is 0 Å². The molecule has 0 amide bonds. The van der Waals surface area contributed by atoms with Crippen molar-refractivity contribution >= 4 is 15.9 Å². The molecule has 17 heavy (non-hydrogen) atoms. The summed E-state index contributed by atoms with van der Waals surface area (Å²) in [6.45, 7) is 3.61. The number of halogens is 1. The standard InChI is InChI=1S/C12H15BrN4/c1-9-10(8-17(2)16-9)5-14-7-12-4-3-11(13)6-15-12/h3-4,6,8,14H,5,7H2,1-2H3. The molecule has 2 rings (SSSR count). The van der Waals surface area contributed by atoms with Crippen LogP contribution in [0.4, 0.5) is 0 Å². The first-order valence-electron chi connectivity index (χ1n) is 5.45. The summed E-state index contributed by atoms with van der Waals surface area (Å²) in [5.74, 6) is 0. The maximum absolute atomic E-state index is 4.31. The van der Waals surface area contributed by atoms with Crippen molar-refractivity contribution in [1.82, 2.24) is 20.1 Å². The van der Waals surface area contributed by atoms with Crippen molar-refractivity contribution in [2.24, 2.45) is 7.05 Å². The highest BCUT2D eigenvalue weighted by molar-refractivity contribution is 9.10. The van der Waals surface area contributed by atoms with E-state index in [1.807, 2.05) is 43.2 Å². The summed E-state index contributed by atoms with van der Waals surface area (Å²) in [6, 6.07) is 4.01. The number of nitrogens with one attached hydrogen (secondary N) is 1. The number of hydrogen-bond acceptors (Lipinski definition) is 3. The Morgan fingerprint density at radius 3 is 2.76 bits per heavy atom. The Bertz CT molecular complexity index is 490. The maximum atomic E-state index is 4.31. The van der Waals surface area contributed by atoms with Crippen molar-refractivity contribution in [2.75, 3.05) is 0 Å². The van der Waals surface area contributed by atoms with Crippen molar-refractivity contribution in [2.45, 2.75) is 20.0 Å². The lowest BCUT2D eigenvalue weighted by molar-refractivity contribution is 0.676. The summed E-state index contributed by atoms with van der Waals surface area (Å²) >= 11 is 3.37. The van der Waals surface area contributed by atoms with E-state index in [0.29, 0.717) is 0 Å². The molecule has 0 spiro atoms. The Labute approximate surface area is 109 Å². The Morgan fingerprint density at radius 2 is 2.18 bits per heavy atom. The Hall–Kier alpha value is -1.20. The number of aromatic nitrogens is 3. The molecule has 0 radical (unpaired) electrons. The van der Waals surface area contributed by atoms with Crippen molar-refractivity contribution in [1.29, 1.82) is 0 Å². The average Bonchev–Trinajstić information content (AvgIpc) is 2.60. The summed E-state index contributed by atoms with van der Waals surface area (Å²) in [7, 11) is 1.94. The molecule has 0 aliphatic carbocycles. The summed E-state index contributed by atoms with van der Waals surface area (Å²) in [5, 5.41) is 7.66. The number of pyridine rings is 1. The molecule has 4 nitrogen and oxygen atoms in total. The van der Waals surface area contributed by atoms with Gasteiger partial charge in [-0.3, -0.25) is 9.67 Å². The highest BCUT2D eigenvalue weighted by Crippen LogP contribution is 2.08. The lowest BCUT2D eigenvalue weighted by Gasteiger charge is -2.03. The van der Waals surface area contributed by atoms with E-state index in [0.717, 1.165) is 29.0 Å². The number of hydrogen-bond donors (Lipinski definition) is 1. The molecule has 1 N–H and O–H groups in total. The predicted octanol–water partition coefficient (Wildman–Crippen LogP) is 2.18. The minimum absolute atomic E-state index is 0.765. The van der Waals surface area contributed by atoms with E-state index in [-0.39, 0.29) is 0 Å². The number of nitrogens with zero attached hydrogens (tertiary/aromatic N) is 3. The molecule has 0 fully saturated rings. The van der Waals surface area contributed by atoms with Crippen LogP contribution in [0.15, 0.2) is 29.0 Å². The van der Waals surface area contributed by atoms with Crippen LogP contribution >= 0.6 is 15.9 Å². The SMILES string of the molecule is Cc1nn(C)cc1CNCc1ccc(Br)cn1. The Morgan fingerprint density at radius 1 is 1.35 bits per heavy atom. The third-order valence-electron chi connectivity index (χ3n) is 2.53. The predicted molar refractivity (Wildman–Crippen MR) is 70.4 cm³/mol. The molecule has 0 saturated carbocycles. The lowest BCUT2D eigenvalue weighted by atomic mass is 10.2. The van der Waals surface area contributed by atoms with E-state index >= 15 is 0 Å². The molecular weight excluding hydrogens is 280 g/mol. The molecular formula is C12H15BrN4. The normalized spacial score (nSPS) is 10.8. The van der Waals surface area contributed by atoms with E-state index in [9.17, 15) is 0 Å². The van der Waals surface area contributed by atoms with Crippen LogP contribution in [0.5, 0.6) is 0 Å². The van der Waals surface area contributed by atoms with Gasteiger partial charge < -0.3 is 5.32 Å². The molecule has 2 heterocycles. The van der Waals surface area contributed by atoms with Gasteiger partial charge in [-0.15, -0.1) is 0 Å². The second-order valence-electron chi connectivity index (χ2n) is 3.98. The molecule has 5 heteroatoms. The monoisotopic (exact) mass is 294 g/mol. The molecule has 0 bridgehead atoms. The lowest BCUT2D eigenvalue weighted by Crippen LogP contribution is -2.13. The van der Waals surface area contributed by atoms with Gasteiger partial charge in [0.2, 0.25) is 0 Å². The van der Waals surface area contributed by atoms with E-state index in [4.69, 9.17) is 0 Å². The molecule has 0 aliphatic rings. The maximum Gasteiger partial charge on any atom is 0.0638 e. The van der Waals surface area contributed by atoms with Crippen LogP contribution < -0.4 is 5.32 Å².